The molecule has 4 rings (SSSR count). The molecule has 0 bridgehead atoms. The minimum Gasteiger partial charge on any atom is -0.437 e. The lowest BCUT2D eigenvalue weighted by atomic mass is 9.92. The van der Waals surface area contributed by atoms with Crippen LogP contribution in [0, 0.1) is 5.82 Å². The molecule has 176 valence electrons. The van der Waals surface area contributed by atoms with Crippen LogP contribution in [0.3, 0.4) is 0 Å². The van der Waals surface area contributed by atoms with Crippen LogP contribution in [0.5, 0.6) is 11.6 Å². The number of hydrogen-bond acceptors (Lipinski definition) is 5. The van der Waals surface area contributed by atoms with E-state index in [2.05, 4.69) is 15.3 Å². The predicted octanol–water partition coefficient (Wildman–Crippen LogP) is 4.32. The van der Waals surface area contributed by atoms with Crippen LogP contribution < -0.4 is 10.1 Å². The van der Waals surface area contributed by atoms with Crippen molar-refractivity contribution < 1.29 is 18.7 Å². The standard InChI is InChI=1S/C26H27FN4O3/c1-26(2,30-24(32)20-12-6-7-13-21(20)27)25(33)31-14-8-9-18(17-31)22-15-28-16-23(29-22)34-19-10-4-3-5-11-19/h3-7,10-13,15-16,18H,8-9,14,17H2,1-2H3,(H,30,32)/t18-/m0/s1. The van der Waals surface area contributed by atoms with Crippen LogP contribution in [0.1, 0.15) is 48.7 Å². The van der Waals surface area contributed by atoms with Gasteiger partial charge in [0.15, 0.2) is 0 Å². The highest BCUT2D eigenvalue weighted by molar-refractivity contribution is 5.99. The highest BCUT2D eigenvalue weighted by atomic mass is 19.1. The minimum absolute atomic E-state index is 0.0115. The van der Waals surface area contributed by atoms with E-state index in [-0.39, 0.29) is 17.4 Å². The Hall–Kier alpha value is -3.81. The molecule has 0 saturated carbocycles. The van der Waals surface area contributed by atoms with Crippen LogP contribution in [0.25, 0.3) is 0 Å². The van der Waals surface area contributed by atoms with Gasteiger partial charge in [-0.2, -0.15) is 0 Å². The zero-order valence-corrected chi connectivity index (χ0v) is 19.2. The Morgan fingerprint density at radius 3 is 2.59 bits per heavy atom. The fraction of sp³-hybridized carbons (Fsp3) is 0.308. The quantitative estimate of drug-likeness (QED) is 0.590. The van der Waals surface area contributed by atoms with Gasteiger partial charge in [0.2, 0.25) is 11.8 Å². The molecule has 2 aromatic carbocycles. The van der Waals surface area contributed by atoms with E-state index in [1.807, 2.05) is 30.3 Å². The van der Waals surface area contributed by atoms with Gasteiger partial charge in [-0.25, -0.2) is 9.37 Å². The third-order valence-corrected chi connectivity index (χ3v) is 5.80. The lowest BCUT2D eigenvalue weighted by molar-refractivity contribution is -0.138. The van der Waals surface area contributed by atoms with Gasteiger partial charge in [0.25, 0.3) is 5.91 Å². The number of likely N-dealkylation sites (tertiary alicyclic amines) is 1. The molecule has 1 aromatic heterocycles. The second kappa shape index (κ2) is 9.99. The van der Waals surface area contributed by atoms with Crippen molar-refractivity contribution in [3.8, 4) is 11.6 Å². The maximum absolute atomic E-state index is 14.0. The Bertz CT molecular complexity index is 1170. The van der Waals surface area contributed by atoms with E-state index < -0.39 is 17.3 Å². The maximum Gasteiger partial charge on any atom is 0.255 e. The van der Waals surface area contributed by atoms with Crippen molar-refractivity contribution >= 4 is 11.8 Å². The van der Waals surface area contributed by atoms with Crippen LogP contribution in [-0.4, -0.2) is 45.3 Å². The number of carbonyl (C=O) groups is 2. The molecular formula is C26H27FN4O3. The molecule has 1 aliphatic heterocycles. The van der Waals surface area contributed by atoms with E-state index in [1.165, 1.54) is 18.2 Å². The number of ether oxygens (including phenoxy) is 1. The number of nitrogens with one attached hydrogen (secondary N) is 1. The second-order valence-electron chi connectivity index (χ2n) is 8.85. The summed E-state index contributed by atoms with van der Waals surface area (Å²) in [6.45, 7) is 4.28. The summed E-state index contributed by atoms with van der Waals surface area (Å²) in [5.41, 5.74) is -0.546. The monoisotopic (exact) mass is 462 g/mol. The van der Waals surface area contributed by atoms with Crippen molar-refractivity contribution in [1.82, 2.24) is 20.2 Å². The Morgan fingerprint density at radius 1 is 1.09 bits per heavy atom. The highest BCUT2D eigenvalue weighted by Crippen LogP contribution is 2.28. The number of rotatable bonds is 6. The SMILES string of the molecule is CC(C)(NC(=O)c1ccccc1F)C(=O)N1CCC[C@H](c2cncc(Oc3ccccc3)n2)C1. The van der Waals surface area contributed by atoms with E-state index in [0.717, 1.165) is 18.5 Å². The van der Waals surface area contributed by atoms with Gasteiger partial charge in [0.05, 0.1) is 17.5 Å². The molecule has 1 saturated heterocycles. The molecule has 8 heteroatoms. The van der Waals surface area contributed by atoms with Gasteiger partial charge in [0.1, 0.15) is 17.1 Å². The summed E-state index contributed by atoms with van der Waals surface area (Å²) in [6, 6.07) is 15.1. The molecule has 1 atom stereocenters. The van der Waals surface area contributed by atoms with E-state index in [0.29, 0.717) is 24.7 Å². The largest absolute Gasteiger partial charge is 0.437 e. The summed E-state index contributed by atoms with van der Waals surface area (Å²) in [5, 5.41) is 2.68. The lowest BCUT2D eigenvalue weighted by Gasteiger charge is -2.37. The first-order chi connectivity index (χ1) is 16.3. The van der Waals surface area contributed by atoms with E-state index >= 15 is 0 Å². The fourth-order valence-electron chi connectivity index (χ4n) is 4.07. The fourth-order valence-corrected chi connectivity index (χ4v) is 4.07. The van der Waals surface area contributed by atoms with Gasteiger partial charge in [-0.15, -0.1) is 0 Å². The smallest absolute Gasteiger partial charge is 0.255 e. The molecule has 3 aromatic rings. The van der Waals surface area contributed by atoms with Gasteiger partial charge in [-0.3, -0.25) is 14.6 Å². The van der Waals surface area contributed by atoms with Crippen LogP contribution >= 0.6 is 0 Å². The highest BCUT2D eigenvalue weighted by Gasteiger charge is 2.37. The van der Waals surface area contributed by atoms with E-state index in [9.17, 15) is 14.0 Å². The third kappa shape index (κ3) is 5.39. The first kappa shape index (κ1) is 23.4. The lowest BCUT2D eigenvalue weighted by Crippen LogP contribution is -2.57. The molecular weight excluding hydrogens is 435 g/mol. The molecule has 0 aliphatic carbocycles. The van der Waals surface area contributed by atoms with Crippen molar-refractivity contribution in [2.75, 3.05) is 13.1 Å². The molecule has 7 nitrogen and oxygen atoms in total. The molecule has 0 spiro atoms. The Morgan fingerprint density at radius 2 is 1.82 bits per heavy atom. The molecule has 2 amide bonds. The summed E-state index contributed by atoms with van der Waals surface area (Å²) < 4.78 is 19.8. The number of nitrogens with zero attached hydrogens (tertiary/aromatic N) is 3. The van der Waals surface area contributed by atoms with Gasteiger partial charge in [0, 0.05) is 25.2 Å². The zero-order chi connectivity index (χ0) is 24.1. The molecule has 1 aliphatic rings. The normalized spacial score (nSPS) is 16.1. The molecule has 2 heterocycles. The summed E-state index contributed by atoms with van der Waals surface area (Å²) in [7, 11) is 0. The van der Waals surface area contributed by atoms with Crippen LogP contribution in [0.4, 0.5) is 4.39 Å². The second-order valence-corrected chi connectivity index (χ2v) is 8.85. The first-order valence-electron chi connectivity index (χ1n) is 11.2. The van der Waals surface area contributed by atoms with Crippen molar-refractivity contribution in [1.29, 1.82) is 0 Å². The van der Waals surface area contributed by atoms with E-state index in [1.54, 1.807) is 37.2 Å². The number of para-hydroxylation sites is 1. The predicted molar refractivity (Wildman–Crippen MR) is 125 cm³/mol. The number of piperidine rings is 1. The molecule has 1 fully saturated rings. The number of benzene rings is 2. The maximum atomic E-state index is 14.0. The van der Waals surface area contributed by atoms with Crippen molar-refractivity contribution in [3.05, 3.63) is 84.1 Å². The summed E-state index contributed by atoms with van der Waals surface area (Å²) in [6.07, 6.45) is 4.90. The van der Waals surface area contributed by atoms with Crippen molar-refractivity contribution in [3.63, 3.8) is 0 Å². The van der Waals surface area contributed by atoms with Crippen LogP contribution in [0.2, 0.25) is 0 Å². The van der Waals surface area contributed by atoms with Crippen LogP contribution in [0.15, 0.2) is 67.0 Å². The number of halogens is 1. The Labute approximate surface area is 198 Å². The van der Waals surface area contributed by atoms with Gasteiger partial charge in [-0.1, -0.05) is 30.3 Å². The van der Waals surface area contributed by atoms with Crippen molar-refractivity contribution in [2.45, 2.75) is 38.1 Å². The number of hydrogen-bond donors (Lipinski definition) is 1. The molecule has 0 radical (unpaired) electrons. The Kier molecular flexibility index (Phi) is 6.86. The summed E-state index contributed by atoms with van der Waals surface area (Å²) >= 11 is 0. The van der Waals surface area contributed by atoms with Gasteiger partial charge < -0.3 is 15.0 Å². The average Bonchev–Trinajstić information content (AvgIpc) is 2.84. The van der Waals surface area contributed by atoms with Gasteiger partial charge >= 0.3 is 0 Å². The Balaban J connectivity index is 1.44. The number of carbonyl (C=O) groups excluding carboxylic acids is 2. The topological polar surface area (TPSA) is 84.4 Å². The summed E-state index contributed by atoms with van der Waals surface area (Å²) in [5.74, 6) is -0.431. The minimum atomic E-state index is -1.20. The third-order valence-electron chi connectivity index (χ3n) is 5.80. The number of amides is 2. The van der Waals surface area contributed by atoms with E-state index in [4.69, 9.17) is 4.74 Å². The number of aromatic nitrogens is 2. The zero-order valence-electron chi connectivity index (χ0n) is 19.2. The molecule has 34 heavy (non-hydrogen) atoms. The van der Waals surface area contributed by atoms with Crippen molar-refractivity contribution in [2.24, 2.45) is 0 Å². The van der Waals surface area contributed by atoms with Gasteiger partial charge in [-0.05, 0) is 51.0 Å². The summed E-state index contributed by atoms with van der Waals surface area (Å²) in [4.78, 5) is 36.5. The molecule has 0 unspecified atom stereocenters. The van der Waals surface area contributed by atoms with Crippen LogP contribution in [-0.2, 0) is 4.79 Å². The average molecular weight is 463 g/mol. The molecule has 1 N–H and O–H groups in total. The first-order valence-corrected chi connectivity index (χ1v) is 11.2.